The molecule has 26 heavy (non-hydrogen) atoms. The summed E-state index contributed by atoms with van der Waals surface area (Å²) in [5.74, 6) is 0.562. The molecule has 0 saturated heterocycles. The number of carbonyl (C=O) groups excluding carboxylic acids is 2. The van der Waals surface area contributed by atoms with E-state index in [1.54, 1.807) is 0 Å². The van der Waals surface area contributed by atoms with E-state index in [4.69, 9.17) is 4.74 Å². The molecular weight excluding hydrogens is 328 g/mol. The number of nitrogens with zero attached hydrogens (tertiary/aromatic N) is 1. The SMILES string of the molecule is CC(C)(C)C(=O)N1CCc2cc(NC(=O)COc3ccccc3)ccc21. The molecule has 5 nitrogen and oxygen atoms in total. The van der Waals surface area contributed by atoms with E-state index >= 15 is 0 Å². The number of amides is 2. The van der Waals surface area contributed by atoms with Crippen molar-refractivity contribution in [3.63, 3.8) is 0 Å². The first-order chi connectivity index (χ1) is 12.3. The Kier molecular flexibility index (Phi) is 4.98. The van der Waals surface area contributed by atoms with E-state index in [2.05, 4.69) is 5.32 Å². The van der Waals surface area contributed by atoms with Crippen molar-refractivity contribution >= 4 is 23.2 Å². The van der Waals surface area contributed by atoms with Gasteiger partial charge in [-0.3, -0.25) is 9.59 Å². The van der Waals surface area contributed by atoms with Gasteiger partial charge in [0.1, 0.15) is 5.75 Å². The molecule has 0 radical (unpaired) electrons. The van der Waals surface area contributed by atoms with Gasteiger partial charge in [-0.15, -0.1) is 0 Å². The summed E-state index contributed by atoms with van der Waals surface area (Å²) >= 11 is 0. The van der Waals surface area contributed by atoms with Crippen LogP contribution in [0.25, 0.3) is 0 Å². The van der Waals surface area contributed by atoms with Crippen LogP contribution in [-0.2, 0) is 16.0 Å². The van der Waals surface area contributed by atoms with Gasteiger partial charge >= 0.3 is 0 Å². The molecule has 1 aliphatic heterocycles. The maximum atomic E-state index is 12.6. The minimum Gasteiger partial charge on any atom is -0.484 e. The van der Waals surface area contributed by atoms with E-state index in [0.717, 1.165) is 23.4 Å². The van der Waals surface area contributed by atoms with Gasteiger partial charge in [0.15, 0.2) is 6.61 Å². The number of hydrogen-bond acceptors (Lipinski definition) is 3. The summed E-state index contributed by atoms with van der Waals surface area (Å²) in [5, 5.41) is 2.85. The van der Waals surface area contributed by atoms with Crippen LogP contribution in [0.3, 0.4) is 0 Å². The second-order valence-electron chi connectivity index (χ2n) is 7.45. The Morgan fingerprint density at radius 2 is 1.85 bits per heavy atom. The van der Waals surface area contributed by atoms with Crippen LogP contribution in [0.15, 0.2) is 48.5 Å². The lowest BCUT2D eigenvalue weighted by Crippen LogP contribution is -2.38. The molecule has 0 saturated carbocycles. The van der Waals surface area contributed by atoms with Crippen molar-refractivity contribution in [1.29, 1.82) is 0 Å². The third kappa shape index (κ3) is 4.04. The zero-order chi connectivity index (χ0) is 18.7. The molecule has 136 valence electrons. The maximum absolute atomic E-state index is 12.6. The van der Waals surface area contributed by atoms with Crippen LogP contribution in [0.4, 0.5) is 11.4 Å². The number of rotatable bonds is 4. The molecule has 5 heteroatoms. The first kappa shape index (κ1) is 18.0. The highest BCUT2D eigenvalue weighted by Gasteiger charge is 2.32. The summed E-state index contributed by atoms with van der Waals surface area (Å²) in [6, 6.07) is 14.9. The normalized spacial score (nSPS) is 13.3. The molecule has 0 bridgehead atoms. The Hall–Kier alpha value is -2.82. The number of carbonyl (C=O) groups is 2. The van der Waals surface area contributed by atoms with E-state index < -0.39 is 5.41 Å². The van der Waals surface area contributed by atoms with E-state index in [-0.39, 0.29) is 18.4 Å². The molecule has 3 rings (SSSR count). The van der Waals surface area contributed by atoms with Crippen molar-refractivity contribution in [2.75, 3.05) is 23.4 Å². The predicted molar refractivity (Wildman–Crippen MR) is 103 cm³/mol. The fourth-order valence-corrected chi connectivity index (χ4v) is 2.96. The molecule has 1 aliphatic rings. The quantitative estimate of drug-likeness (QED) is 0.914. The molecule has 1 N–H and O–H groups in total. The summed E-state index contributed by atoms with van der Waals surface area (Å²) < 4.78 is 5.45. The second-order valence-corrected chi connectivity index (χ2v) is 7.45. The van der Waals surface area contributed by atoms with Crippen LogP contribution in [-0.4, -0.2) is 25.0 Å². The van der Waals surface area contributed by atoms with Crippen LogP contribution in [0.5, 0.6) is 5.75 Å². The Bertz CT molecular complexity index is 810. The third-order valence-electron chi connectivity index (χ3n) is 4.26. The lowest BCUT2D eigenvalue weighted by molar-refractivity contribution is -0.125. The minimum absolute atomic E-state index is 0.0459. The zero-order valence-electron chi connectivity index (χ0n) is 15.4. The maximum Gasteiger partial charge on any atom is 0.262 e. The lowest BCUT2D eigenvalue weighted by Gasteiger charge is -2.26. The first-order valence-electron chi connectivity index (χ1n) is 8.77. The van der Waals surface area contributed by atoms with E-state index in [0.29, 0.717) is 12.3 Å². The molecule has 2 aromatic rings. The zero-order valence-corrected chi connectivity index (χ0v) is 15.4. The molecule has 2 aromatic carbocycles. The summed E-state index contributed by atoms with van der Waals surface area (Å²) in [4.78, 5) is 26.5. The van der Waals surface area contributed by atoms with Crippen LogP contribution in [0, 0.1) is 5.41 Å². The van der Waals surface area contributed by atoms with Gasteiger partial charge in [0.2, 0.25) is 5.91 Å². The summed E-state index contributed by atoms with van der Waals surface area (Å²) in [6.07, 6.45) is 0.793. The van der Waals surface area contributed by atoms with Gasteiger partial charge < -0.3 is 15.0 Å². The number of hydrogen-bond donors (Lipinski definition) is 1. The molecular formula is C21H24N2O3. The van der Waals surface area contributed by atoms with Gasteiger partial charge in [-0.1, -0.05) is 39.0 Å². The molecule has 0 atom stereocenters. The van der Waals surface area contributed by atoms with Crippen LogP contribution >= 0.6 is 0 Å². The van der Waals surface area contributed by atoms with Crippen LogP contribution < -0.4 is 15.0 Å². The predicted octanol–water partition coefficient (Wildman–Crippen LogP) is 3.64. The average Bonchev–Trinajstić information content (AvgIpc) is 3.02. The van der Waals surface area contributed by atoms with E-state index in [1.165, 1.54) is 0 Å². The molecule has 0 aliphatic carbocycles. The van der Waals surface area contributed by atoms with Gasteiger partial charge in [-0.05, 0) is 42.3 Å². The summed E-state index contributed by atoms with van der Waals surface area (Å²) in [6.45, 7) is 6.41. The fourth-order valence-electron chi connectivity index (χ4n) is 2.96. The van der Waals surface area contributed by atoms with Crippen molar-refractivity contribution in [2.24, 2.45) is 5.41 Å². The Balaban J connectivity index is 1.63. The number of fused-ring (bicyclic) bond motifs is 1. The largest absolute Gasteiger partial charge is 0.484 e. The summed E-state index contributed by atoms with van der Waals surface area (Å²) in [5.41, 5.74) is 2.31. The third-order valence-corrected chi connectivity index (χ3v) is 4.26. The number of anilines is 2. The molecule has 0 unspecified atom stereocenters. The highest BCUT2D eigenvalue weighted by atomic mass is 16.5. The smallest absolute Gasteiger partial charge is 0.262 e. The van der Waals surface area contributed by atoms with Gasteiger partial charge in [-0.25, -0.2) is 0 Å². The monoisotopic (exact) mass is 352 g/mol. The van der Waals surface area contributed by atoms with Crippen molar-refractivity contribution in [3.05, 3.63) is 54.1 Å². The fraction of sp³-hybridized carbons (Fsp3) is 0.333. The van der Waals surface area contributed by atoms with Gasteiger partial charge in [0, 0.05) is 23.3 Å². The van der Waals surface area contributed by atoms with Crippen LogP contribution in [0.1, 0.15) is 26.3 Å². The lowest BCUT2D eigenvalue weighted by atomic mass is 9.94. The molecule has 2 amide bonds. The number of ether oxygens (including phenoxy) is 1. The standard InChI is InChI=1S/C21H24N2O3/c1-21(2,3)20(25)23-12-11-15-13-16(9-10-18(15)23)22-19(24)14-26-17-7-5-4-6-8-17/h4-10,13H,11-12,14H2,1-3H3,(H,22,24). The van der Waals surface area contributed by atoms with E-state index in [9.17, 15) is 9.59 Å². The van der Waals surface area contributed by atoms with Crippen molar-refractivity contribution in [2.45, 2.75) is 27.2 Å². The Morgan fingerprint density at radius 3 is 2.54 bits per heavy atom. The highest BCUT2D eigenvalue weighted by Crippen LogP contribution is 2.33. The van der Waals surface area contributed by atoms with E-state index in [1.807, 2.05) is 74.2 Å². The second kappa shape index (κ2) is 7.20. The van der Waals surface area contributed by atoms with Gasteiger partial charge in [-0.2, -0.15) is 0 Å². The van der Waals surface area contributed by atoms with Crippen LogP contribution in [0.2, 0.25) is 0 Å². The van der Waals surface area contributed by atoms with Gasteiger partial charge in [0.25, 0.3) is 5.91 Å². The summed E-state index contributed by atoms with van der Waals surface area (Å²) in [7, 11) is 0. The van der Waals surface area contributed by atoms with Crippen molar-refractivity contribution in [1.82, 2.24) is 0 Å². The molecule has 0 spiro atoms. The Labute approximate surface area is 154 Å². The Morgan fingerprint density at radius 1 is 1.12 bits per heavy atom. The minimum atomic E-state index is -0.413. The number of nitrogens with one attached hydrogen (secondary N) is 1. The number of para-hydroxylation sites is 1. The van der Waals surface area contributed by atoms with Crippen molar-refractivity contribution in [3.8, 4) is 5.75 Å². The number of benzene rings is 2. The molecule has 0 aromatic heterocycles. The van der Waals surface area contributed by atoms with Crippen molar-refractivity contribution < 1.29 is 14.3 Å². The topological polar surface area (TPSA) is 58.6 Å². The highest BCUT2D eigenvalue weighted by molar-refractivity contribution is 5.99. The molecule has 0 fully saturated rings. The van der Waals surface area contributed by atoms with Gasteiger partial charge in [0.05, 0.1) is 0 Å². The average molecular weight is 352 g/mol. The first-order valence-corrected chi connectivity index (χ1v) is 8.77. The molecule has 1 heterocycles.